The fourth-order valence-corrected chi connectivity index (χ4v) is 3.68. The maximum atomic E-state index is 12.6. The van der Waals surface area contributed by atoms with Crippen LogP contribution in [0.2, 0.25) is 0 Å². The lowest BCUT2D eigenvalue weighted by molar-refractivity contribution is -0.121. The van der Waals surface area contributed by atoms with Gasteiger partial charge in [-0.25, -0.2) is 0 Å². The lowest BCUT2D eigenvalue weighted by Crippen LogP contribution is -2.43. The van der Waals surface area contributed by atoms with Crippen molar-refractivity contribution in [2.75, 3.05) is 18.4 Å². The number of carbonyl (C=O) groups excluding carboxylic acids is 3. The highest BCUT2D eigenvalue weighted by atomic mass is 32.1. The first kappa shape index (κ1) is 17.4. The molecule has 1 fully saturated rings. The Morgan fingerprint density at radius 3 is 2.76 bits per heavy atom. The van der Waals surface area contributed by atoms with E-state index in [2.05, 4.69) is 5.32 Å². The third kappa shape index (κ3) is 4.14. The Bertz CT molecular complexity index is 786. The molecular formula is C19H20N2O3S. The number of anilines is 1. The van der Waals surface area contributed by atoms with Gasteiger partial charge in [0.25, 0.3) is 5.91 Å². The van der Waals surface area contributed by atoms with E-state index in [9.17, 15) is 14.4 Å². The largest absolute Gasteiger partial charge is 0.337 e. The van der Waals surface area contributed by atoms with E-state index in [1.54, 1.807) is 29.2 Å². The quantitative estimate of drug-likeness (QED) is 0.854. The van der Waals surface area contributed by atoms with Crippen LogP contribution in [-0.4, -0.2) is 35.6 Å². The second kappa shape index (κ2) is 7.61. The maximum absolute atomic E-state index is 12.6. The van der Waals surface area contributed by atoms with E-state index < -0.39 is 0 Å². The highest BCUT2D eigenvalue weighted by molar-refractivity contribution is 7.12. The molecular weight excluding hydrogens is 336 g/mol. The van der Waals surface area contributed by atoms with Crippen molar-refractivity contribution >= 4 is 34.6 Å². The van der Waals surface area contributed by atoms with E-state index >= 15 is 0 Å². The molecule has 130 valence electrons. The van der Waals surface area contributed by atoms with Crippen LogP contribution in [0, 0.1) is 5.92 Å². The second-order valence-electron chi connectivity index (χ2n) is 6.19. The minimum Gasteiger partial charge on any atom is -0.337 e. The Morgan fingerprint density at radius 2 is 2.04 bits per heavy atom. The molecule has 0 saturated carbocycles. The van der Waals surface area contributed by atoms with E-state index in [0.29, 0.717) is 29.2 Å². The average molecular weight is 356 g/mol. The summed E-state index contributed by atoms with van der Waals surface area (Å²) in [6.07, 6.45) is 1.56. The number of amides is 2. The standard InChI is InChI=1S/C19H20N2O3S/c1-13(22)14-5-2-7-16(11-14)20-18(23)15-6-3-9-21(12-15)19(24)17-8-4-10-25-17/h2,4-5,7-8,10-11,15H,3,6,9,12H2,1H3,(H,20,23). The number of rotatable bonds is 4. The number of nitrogens with zero attached hydrogens (tertiary/aromatic N) is 1. The van der Waals surface area contributed by atoms with Gasteiger partial charge in [-0.05, 0) is 43.3 Å². The van der Waals surface area contributed by atoms with Crippen LogP contribution < -0.4 is 5.32 Å². The molecule has 0 aliphatic carbocycles. The van der Waals surface area contributed by atoms with E-state index in [-0.39, 0.29) is 23.5 Å². The normalized spacial score (nSPS) is 17.2. The first-order valence-corrected chi connectivity index (χ1v) is 9.17. The van der Waals surface area contributed by atoms with Crippen molar-refractivity contribution in [1.29, 1.82) is 0 Å². The lowest BCUT2D eigenvalue weighted by Gasteiger charge is -2.31. The van der Waals surface area contributed by atoms with Gasteiger partial charge in [-0.2, -0.15) is 0 Å². The Hall–Kier alpha value is -2.47. The first-order valence-electron chi connectivity index (χ1n) is 8.29. The summed E-state index contributed by atoms with van der Waals surface area (Å²) < 4.78 is 0. The van der Waals surface area contributed by atoms with Gasteiger partial charge in [-0.3, -0.25) is 14.4 Å². The van der Waals surface area contributed by atoms with Gasteiger partial charge in [0.15, 0.2) is 5.78 Å². The summed E-state index contributed by atoms with van der Waals surface area (Å²) in [5.41, 5.74) is 1.18. The number of hydrogen-bond donors (Lipinski definition) is 1. The van der Waals surface area contributed by atoms with Gasteiger partial charge in [-0.15, -0.1) is 11.3 Å². The molecule has 3 rings (SSSR count). The topological polar surface area (TPSA) is 66.5 Å². The molecule has 5 nitrogen and oxygen atoms in total. The first-order chi connectivity index (χ1) is 12.0. The van der Waals surface area contributed by atoms with E-state index in [4.69, 9.17) is 0 Å². The summed E-state index contributed by atoms with van der Waals surface area (Å²) >= 11 is 1.42. The molecule has 0 radical (unpaired) electrons. The van der Waals surface area contributed by atoms with E-state index in [0.717, 1.165) is 12.8 Å². The number of thiophene rings is 1. The minimum atomic E-state index is -0.237. The summed E-state index contributed by atoms with van der Waals surface area (Å²) in [4.78, 5) is 39.0. The van der Waals surface area contributed by atoms with Crippen molar-refractivity contribution in [1.82, 2.24) is 4.90 Å². The smallest absolute Gasteiger partial charge is 0.263 e. The molecule has 2 amide bonds. The van der Waals surface area contributed by atoms with Gasteiger partial charge in [0.05, 0.1) is 10.8 Å². The summed E-state index contributed by atoms with van der Waals surface area (Å²) in [5, 5.41) is 4.75. The summed E-state index contributed by atoms with van der Waals surface area (Å²) in [6, 6.07) is 10.6. The molecule has 2 heterocycles. The predicted molar refractivity (Wildman–Crippen MR) is 98.0 cm³/mol. The number of carbonyl (C=O) groups is 3. The molecule has 6 heteroatoms. The fourth-order valence-electron chi connectivity index (χ4n) is 2.99. The average Bonchev–Trinajstić information content (AvgIpc) is 3.16. The van der Waals surface area contributed by atoms with Crippen LogP contribution in [0.15, 0.2) is 41.8 Å². The van der Waals surface area contributed by atoms with Gasteiger partial charge in [0, 0.05) is 24.3 Å². The molecule has 1 aliphatic heterocycles. The monoisotopic (exact) mass is 356 g/mol. The zero-order chi connectivity index (χ0) is 17.8. The number of hydrogen-bond acceptors (Lipinski definition) is 4. The third-order valence-corrected chi connectivity index (χ3v) is 5.21. The molecule has 1 saturated heterocycles. The Kier molecular flexibility index (Phi) is 5.28. The van der Waals surface area contributed by atoms with Crippen LogP contribution in [0.4, 0.5) is 5.69 Å². The van der Waals surface area contributed by atoms with Gasteiger partial charge >= 0.3 is 0 Å². The SMILES string of the molecule is CC(=O)c1cccc(NC(=O)C2CCCN(C(=O)c3cccs3)C2)c1. The number of likely N-dealkylation sites (tertiary alicyclic amines) is 1. The van der Waals surface area contributed by atoms with Crippen LogP contribution in [0.5, 0.6) is 0 Å². The summed E-state index contributed by atoms with van der Waals surface area (Å²) in [7, 11) is 0. The fraction of sp³-hybridized carbons (Fsp3) is 0.316. The number of piperidine rings is 1. The Labute approximate surface area is 150 Å². The molecule has 1 unspecified atom stereocenters. The Morgan fingerprint density at radius 1 is 1.20 bits per heavy atom. The number of ketones is 1. The van der Waals surface area contributed by atoms with Gasteiger partial charge in [0.1, 0.15) is 0 Å². The van der Waals surface area contributed by atoms with Crippen LogP contribution in [0.3, 0.4) is 0 Å². The molecule has 1 aliphatic rings. The molecule has 1 aromatic heterocycles. The van der Waals surface area contributed by atoms with Crippen molar-refractivity contribution in [2.24, 2.45) is 5.92 Å². The molecule has 1 aromatic carbocycles. The number of benzene rings is 1. The van der Waals surface area contributed by atoms with Crippen LogP contribution in [-0.2, 0) is 4.79 Å². The van der Waals surface area contributed by atoms with Crippen LogP contribution >= 0.6 is 11.3 Å². The highest BCUT2D eigenvalue weighted by Crippen LogP contribution is 2.22. The molecule has 0 spiro atoms. The third-order valence-electron chi connectivity index (χ3n) is 4.35. The number of nitrogens with one attached hydrogen (secondary N) is 1. The zero-order valence-electron chi connectivity index (χ0n) is 14.0. The molecule has 25 heavy (non-hydrogen) atoms. The second-order valence-corrected chi connectivity index (χ2v) is 7.14. The van der Waals surface area contributed by atoms with Crippen LogP contribution in [0.1, 0.15) is 39.8 Å². The van der Waals surface area contributed by atoms with Crippen molar-refractivity contribution in [2.45, 2.75) is 19.8 Å². The van der Waals surface area contributed by atoms with Crippen molar-refractivity contribution < 1.29 is 14.4 Å². The van der Waals surface area contributed by atoms with Crippen LogP contribution in [0.25, 0.3) is 0 Å². The molecule has 2 aromatic rings. The zero-order valence-corrected chi connectivity index (χ0v) is 14.8. The molecule has 0 bridgehead atoms. The molecule has 1 atom stereocenters. The summed E-state index contributed by atoms with van der Waals surface area (Å²) in [5.74, 6) is -0.393. The van der Waals surface area contributed by atoms with Crippen molar-refractivity contribution in [3.05, 3.63) is 52.2 Å². The molecule has 1 N–H and O–H groups in total. The Balaban J connectivity index is 1.65. The van der Waals surface area contributed by atoms with Crippen molar-refractivity contribution in [3.63, 3.8) is 0 Å². The van der Waals surface area contributed by atoms with Crippen molar-refractivity contribution in [3.8, 4) is 0 Å². The number of Topliss-reactive ketones (excluding diaryl/α,β-unsaturated/α-hetero) is 1. The minimum absolute atomic E-state index is 0.00826. The lowest BCUT2D eigenvalue weighted by atomic mass is 9.96. The van der Waals surface area contributed by atoms with Gasteiger partial charge < -0.3 is 10.2 Å². The van der Waals surface area contributed by atoms with Gasteiger partial charge in [0.2, 0.25) is 5.91 Å². The van der Waals surface area contributed by atoms with E-state index in [1.807, 2.05) is 17.5 Å². The highest BCUT2D eigenvalue weighted by Gasteiger charge is 2.29. The van der Waals surface area contributed by atoms with Gasteiger partial charge in [-0.1, -0.05) is 18.2 Å². The van der Waals surface area contributed by atoms with E-state index in [1.165, 1.54) is 18.3 Å². The predicted octanol–water partition coefficient (Wildman–Crippen LogP) is 3.44. The maximum Gasteiger partial charge on any atom is 0.263 e. The summed E-state index contributed by atoms with van der Waals surface area (Å²) in [6.45, 7) is 2.60.